The zero-order valence-electron chi connectivity index (χ0n) is 18.0. The van der Waals surface area contributed by atoms with Gasteiger partial charge in [-0.3, -0.25) is 4.79 Å². The fraction of sp³-hybridized carbons (Fsp3) is 0.550. The fourth-order valence-electron chi connectivity index (χ4n) is 3.48. The Kier molecular flexibility index (Phi) is 8.31. The van der Waals surface area contributed by atoms with E-state index in [-0.39, 0.29) is 28.6 Å². The second-order valence-electron chi connectivity index (χ2n) is 7.82. The molecule has 1 saturated carbocycles. The van der Waals surface area contributed by atoms with Crippen molar-refractivity contribution in [3.8, 4) is 0 Å². The van der Waals surface area contributed by atoms with E-state index in [0.29, 0.717) is 15.2 Å². The molecule has 1 amide bonds. The largest absolute Gasteiger partial charge is 0.358 e. The number of hydrogen-bond acceptors (Lipinski definition) is 8. The minimum absolute atomic E-state index is 0.00381. The van der Waals surface area contributed by atoms with E-state index in [1.165, 1.54) is 27.4 Å². The molecule has 0 radical (unpaired) electrons. The number of sulfonamides is 1. The zero-order chi connectivity index (χ0) is 22.4. The van der Waals surface area contributed by atoms with Crippen LogP contribution < -0.4 is 10.6 Å². The summed E-state index contributed by atoms with van der Waals surface area (Å²) in [6, 6.07) is 6.82. The molecule has 0 bridgehead atoms. The van der Waals surface area contributed by atoms with Crippen molar-refractivity contribution in [3.63, 3.8) is 0 Å². The summed E-state index contributed by atoms with van der Waals surface area (Å²) in [5, 5.41) is 14.8. The Morgan fingerprint density at radius 3 is 2.65 bits per heavy atom. The Hall–Kier alpha value is -1.69. The van der Waals surface area contributed by atoms with Crippen molar-refractivity contribution in [2.24, 2.45) is 0 Å². The number of rotatable bonds is 9. The van der Waals surface area contributed by atoms with Gasteiger partial charge in [0.05, 0.1) is 11.4 Å². The Balaban J connectivity index is 1.65. The molecule has 0 aliphatic heterocycles. The molecule has 1 aromatic carbocycles. The van der Waals surface area contributed by atoms with E-state index in [2.05, 4.69) is 20.8 Å². The standard InChI is InChI=1S/C20H29N5O3S3/c1-14(2)21-19-23-24-20(30-19)29-13-18(26)22-16-11-7-8-12-17(16)31(27,28)25(3)15-9-5-4-6-10-15/h7-8,11-12,14-15H,4-6,9-10,13H2,1-3H3,(H,21,23)(H,22,26). The van der Waals surface area contributed by atoms with Gasteiger partial charge in [0.1, 0.15) is 4.90 Å². The highest BCUT2D eigenvalue weighted by molar-refractivity contribution is 8.01. The van der Waals surface area contributed by atoms with Crippen LogP contribution >= 0.6 is 23.1 Å². The van der Waals surface area contributed by atoms with Gasteiger partial charge in [0.15, 0.2) is 4.34 Å². The lowest BCUT2D eigenvalue weighted by molar-refractivity contribution is -0.113. The fourth-order valence-corrected chi connectivity index (χ4v) is 6.74. The van der Waals surface area contributed by atoms with Crippen LogP contribution in [-0.2, 0) is 14.8 Å². The summed E-state index contributed by atoms with van der Waals surface area (Å²) < 4.78 is 28.6. The van der Waals surface area contributed by atoms with Crippen LogP contribution in [0.1, 0.15) is 46.0 Å². The summed E-state index contributed by atoms with van der Waals surface area (Å²) in [7, 11) is -2.07. The first-order valence-electron chi connectivity index (χ1n) is 10.4. The van der Waals surface area contributed by atoms with Crippen LogP contribution in [0.15, 0.2) is 33.5 Å². The molecule has 0 unspecified atom stereocenters. The molecule has 0 saturated heterocycles. The molecule has 1 fully saturated rings. The number of nitrogens with zero attached hydrogens (tertiary/aromatic N) is 3. The summed E-state index contributed by atoms with van der Waals surface area (Å²) >= 11 is 2.65. The van der Waals surface area contributed by atoms with E-state index in [1.807, 2.05) is 13.8 Å². The lowest BCUT2D eigenvalue weighted by atomic mass is 9.96. The number of carbonyl (C=O) groups is 1. The van der Waals surface area contributed by atoms with Crippen LogP contribution in [0.3, 0.4) is 0 Å². The van der Waals surface area contributed by atoms with Gasteiger partial charge in [0.25, 0.3) is 0 Å². The summed E-state index contributed by atoms with van der Waals surface area (Å²) in [5.74, 6) is -0.176. The number of carbonyl (C=O) groups excluding carboxylic acids is 1. The van der Waals surface area contributed by atoms with Gasteiger partial charge in [0.2, 0.25) is 21.1 Å². The Bertz CT molecular complexity index is 987. The van der Waals surface area contributed by atoms with E-state index in [1.54, 1.807) is 31.3 Å². The zero-order valence-corrected chi connectivity index (χ0v) is 20.4. The predicted molar refractivity (Wildman–Crippen MR) is 126 cm³/mol. The number of para-hydroxylation sites is 1. The smallest absolute Gasteiger partial charge is 0.245 e. The number of benzene rings is 1. The van der Waals surface area contributed by atoms with E-state index >= 15 is 0 Å². The van der Waals surface area contributed by atoms with Gasteiger partial charge in [-0.05, 0) is 38.8 Å². The van der Waals surface area contributed by atoms with Crippen molar-refractivity contribution in [2.45, 2.75) is 67.3 Å². The Morgan fingerprint density at radius 1 is 1.23 bits per heavy atom. The molecule has 1 heterocycles. The molecule has 170 valence electrons. The highest BCUT2D eigenvalue weighted by Crippen LogP contribution is 2.30. The highest BCUT2D eigenvalue weighted by atomic mass is 32.2. The van der Waals surface area contributed by atoms with E-state index in [4.69, 9.17) is 0 Å². The van der Waals surface area contributed by atoms with Crippen molar-refractivity contribution in [3.05, 3.63) is 24.3 Å². The number of amides is 1. The Labute approximate surface area is 192 Å². The van der Waals surface area contributed by atoms with Crippen molar-refractivity contribution < 1.29 is 13.2 Å². The maximum Gasteiger partial charge on any atom is 0.245 e. The highest BCUT2D eigenvalue weighted by Gasteiger charge is 2.31. The van der Waals surface area contributed by atoms with Gasteiger partial charge < -0.3 is 10.6 Å². The first-order valence-corrected chi connectivity index (χ1v) is 13.6. The van der Waals surface area contributed by atoms with Crippen molar-refractivity contribution in [1.29, 1.82) is 0 Å². The molecule has 0 atom stereocenters. The van der Waals surface area contributed by atoms with E-state index < -0.39 is 10.0 Å². The van der Waals surface area contributed by atoms with Gasteiger partial charge >= 0.3 is 0 Å². The SMILES string of the molecule is CC(C)Nc1nnc(SCC(=O)Nc2ccccc2S(=O)(=O)N(C)C2CCCCC2)s1. The number of aromatic nitrogens is 2. The molecule has 3 rings (SSSR count). The first kappa shape index (κ1) is 24.0. The second kappa shape index (κ2) is 10.8. The number of hydrogen-bond donors (Lipinski definition) is 2. The molecule has 0 spiro atoms. The monoisotopic (exact) mass is 483 g/mol. The predicted octanol–water partition coefficient (Wildman–Crippen LogP) is 4.04. The minimum atomic E-state index is -3.71. The van der Waals surface area contributed by atoms with Crippen molar-refractivity contribution in [2.75, 3.05) is 23.4 Å². The summed E-state index contributed by atoms with van der Waals surface area (Å²) in [6.07, 6.45) is 4.98. The summed E-state index contributed by atoms with van der Waals surface area (Å²) in [5.41, 5.74) is 0.301. The van der Waals surface area contributed by atoms with Crippen LogP contribution in [0.4, 0.5) is 10.8 Å². The summed E-state index contributed by atoms with van der Waals surface area (Å²) in [6.45, 7) is 4.03. The third-order valence-corrected chi connectivity index (χ3v) is 9.01. The molecule has 1 aliphatic rings. The van der Waals surface area contributed by atoms with Crippen molar-refractivity contribution >= 4 is 49.8 Å². The van der Waals surface area contributed by atoms with Gasteiger partial charge in [-0.2, -0.15) is 4.31 Å². The second-order valence-corrected chi connectivity index (χ2v) is 12.0. The molecule has 2 N–H and O–H groups in total. The molecule has 1 aliphatic carbocycles. The van der Waals surface area contributed by atoms with E-state index in [9.17, 15) is 13.2 Å². The number of nitrogens with one attached hydrogen (secondary N) is 2. The maximum absolute atomic E-state index is 13.2. The number of anilines is 2. The van der Waals surface area contributed by atoms with Crippen LogP contribution in [-0.4, -0.2) is 53.7 Å². The average Bonchev–Trinajstić information content (AvgIpc) is 3.19. The molecule has 2 aromatic rings. The molecular weight excluding hydrogens is 454 g/mol. The number of thioether (sulfide) groups is 1. The molecule has 8 nitrogen and oxygen atoms in total. The lowest BCUT2D eigenvalue weighted by Crippen LogP contribution is -2.38. The third kappa shape index (κ3) is 6.41. The molecule has 31 heavy (non-hydrogen) atoms. The van der Waals surface area contributed by atoms with Crippen molar-refractivity contribution in [1.82, 2.24) is 14.5 Å². The third-order valence-electron chi connectivity index (χ3n) is 5.05. The van der Waals surface area contributed by atoms with Gasteiger partial charge in [-0.1, -0.05) is 54.5 Å². The maximum atomic E-state index is 13.2. The Morgan fingerprint density at radius 2 is 1.94 bits per heavy atom. The normalized spacial score (nSPS) is 15.4. The molecule has 11 heteroatoms. The van der Waals surface area contributed by atoms with E-state index in [0.717, 1.165) is 32.1 Å². The minimum Gasteiger partial charge on any atom is -0.358 e. The van der Waals surface area contributed by atoms with Crippen LogP contribution in [0.5, 0.6) is 0 Å². The molecule has 1 aromatic heterocycles. The van der Waals surface area contributed by atoms with Gasteiger partial charge in [-0.15, -0.1) is 10.2 Å². The quantitative estimate of drug-likeness (QED) is 0.519. The van der Waals surface area contributed by atoms with Crippen LogP contribution in [0, 0.1) is 0 Å². The van der Waals surface area contributed by atoms with Crippen LogP contribution in [0.25, 0.3) is 0 Å². The lowest BCUT2D eigenvalue weighted by Gasteiger charge is -2.30. The molecular formula is C20H29N5O3S3. The van der Waals surface area contributed by atoms with Gasteiger partial charge in [-0.25, -0.2) is 8.42 Å². The topological polar surface area (TPSA) is 104 Å². The summed E-state index contributed by atoms with van der Waals surface area (Å²) in [4.78, 5) is 12.6. The first-order chi connectivity index (χ1) is 14.8. The average molecular weight is 484 g/mol. The van der Waals surface area contributed by atoms with Crippen LogP contribution in [0.2, 0.25) is 0 Å². The van der Waals surface area contributed by atoms with Gasteiger partial charge in [0, 0.05) is 19.1 Å².